The van der Waals surface area contributed by atoms with Crippen LogP contribution in [-0.4, -0.2) is 30.8 Å². The van der Waals surface area contributed by atoms with E-state index in [2.05, 4.69) is 10.3 Å². The van der Waals surface area contributed by atoms with E-state index >= 15 is 0 Å². The first kappa shape index (κ1) is 10.6. The Bertz CT molecular complexity index is 463. The molecule has 1 aliphatic heterocycles. The molecule has 18 heavy (non-hydrogen) atoms. The van der Waals surface area contributed by atoms with Crippen molar-refractivity contribution in [2.24, 2.45) is 17.8 Å². The summed E-state index contributed by atoms with van der Waals surface area (Å²) in [7, 11) is 1.63. The summed E-state index contributed by atoms with van der Waals surface area (Å²) in [6.45, 7) is 1.19. The highest BCUT2D eigenvalue weighted by Gasteiger charge is 2.57. The lowest BCUT2D eigenvalue weighted by Crippen LogP contribution is -2.41. The van der Waals surface area contributed by atoms with E-state index in [1.54, 1.807) is 13.3 Å². The van der Waals surface area contributed by atoms with Gasteiger partial charge in [0.1, 0.15) is 11.9 Å². The number of fused-ring (bicyclic) bond motifs is 1. The largest absolute Gasteiger partial charge is 0.488 e. The van der Waals surface area contributed by atoms with Crippen molar-refractivity contribution in [2.75, 3.05) is 13.7 Å². The summed E-state index contributed by atoms with van der Waals surface area (Å²) in [5.74, 6) is 3.99. The molecule has 4 heteroatoms. The van der Waals surface area contributed by atoms with Gasteiger partial charge in [-0.15, -0.1) is 0 Å². The smallest absolute Gasteiger partial charge is 0.216 e. The number of aromatic nitrogens is 1. The minimum Gasteiger partial charge on any atom is -0.488 e. The topological polar surface area (TPSA) is 43.4 Å². The van der Waals surface area contributed by atoms with Crippen molar-refractivity contribution in [3.8, 4) is 11.6 Å². The van der Waals surface area contributed by atoms with Crippen molar-refractivity contribution in [1.82, 2.24) is 10.3 Å². The predicted octanol–water partition coefficient (Wildman–Crippen LogP) is 1.47. The Morgan fingerprint density at radius 1 is 1.33 bits per heavy atom. The molecule has 0 spiro atoms. The van der Waals surface area contributed by atoms with Gasteiger partial charge in [-0.3, -0.25) is 0 Å². The fourth-order valence-corrected chi connectivity index (χ4v) is 4.14. The second-order valence-electron chi connectivity index (χ2n) is 5.71. The average Bonchev–Trinajstić information content (AvgIpc) is 3.01. The van der Waals surface area contributed by atoms with E-state index in [-0.39, 0.29) is 0 Å². The maximum Gasteiger partial charge on any atom is 0.216 e. The Labute approximate surface area is 107 Å². The summed E-state index contributed by atoms with van der Waals surface area (Å²) >= 11 is 0. The Hall–Kier alpha value is -1.29. The van der Waals surface area contributed by atoms with Gasteiger partial charge in [0.15, 0.2) is 0 Å². The maximum absolute atomic E-state index is 6.20. The number of nitrogens with zero attached hydrogens (tertiary/aromatic N) is 1. The lowest BCUT2D eigenvalue weighted by atomic mass is 9.88. The summed E-state index contributed by atoms with van der Waals surface area (Å²) in [6.07, 6.45) is 4.75. The number of hydrogen-bond acceptors (Lipinski definition) is 4. The summed E-state index contributed by atoms with van der Waals surface area (Å²) in [6, 6.07) is 4.35. The van der Waals surface area contributed by atoms with Crippen LogP contribution in [0.5, 0.6) is 11.6 Å². The standard InChI is InChI=1S/C14H18N2O2/c1-17-12-6-10(2-3-15-12)18-14-8-4-9-7-16-13(14)11(9)5-8/h2-3,6,8-9,11,13-14,16H,4-5,7H2,1H3. The molecule has 1 N–H and O–H groups in total. The van der Waals surface area contributed by atoms with Gasteiger partial charge in [-0.05, 0) is 43.2 Å². The van der Waals surface area contributed by atoms with E-state index in [1.807, 2.05) is 12.1 Å². The zero-order valence-electron chi connectivity index (χ0n) is 10.5. The Morgan fingerprint density at radius 2 is 2.28 bits per heavy atom. The van der Waals surface area contributed by atoms with Gasteiger partial charge in [0, 0.05) is 18.3 Å². The van der Waals surface area contributed by atoms with Crippen molar-refractivity contribution >= 4 is 0 Å². The van der Waals surface area contributed by atoms with Crippen molar-refractivity contribution < 1.29 is 9.47 Å². The second-order valence-corrected chi connectivity index (χ2v) is 5.71. The number of rotatable bonds is 3. The molecular formula is C14H18N2O2. The van der Waals surface area contributed by atoms with Crippen molar-refractivity contribution in [1.29, 1.82) is 0 Å². The van der Waals surface area contributed by atoms with Crippen LogP contribution in [0.3, 0.4) is 0 Å². The molecule has 3 fully saturated rings. The average molecular weight is 246 g/mol. The number of hydrogen-bond donors (Lipinski definition) is 1. The summed E-state index contributed by atoms with van der Waals surface area (Å²) in [5.41, 5.74) is 0. The first-order chi connectivity index (χ1) is 8.85. The SMILES string of the molecule is COc1cc(OC2C3CC4CNC2C4C3)ccn1. The molecule has 1 aromatic rings. The Balaban J connectivity index is 1.55. The zero-order chi connectivity index (χ0) is 12.1. The van der Waals surface area contributed by atoms with Crippen LogP contribution in [0.25, 0.3) is 0 Å². The highest BCUT2D eigenvalue weighted by molar-refractivity contribution is 5.27. The van der Waals surface area contributed by atoms with Crippen LogP contribution in [0.4, 0.5) is 0 Å². The molecule has 2 saturated carbocycles. The third-order valence-electron chi connectivity index (χ3n) is 4.87. The number of ether oxygens (including phenoxy) is 2. The number of methoxy groups -OCH3 is 1. The predicted molar refractivity (Wildman–Crippen MR) is 66.7 cm³/mol. The van der Waals surface area contributed by atoms with E-state index in [1.165, 1.54) is 19.4 Å². The molecule has 0 radical (unpaired) electrons. The van der Waals surface area contributed by atoms with Gasteiger partial charge in [0.05, 0.1) is 7.11 Å². The maximum atomic E-state index is 6.20. The zero-order valence-corrected chi connectivity index (χ0v) is 10.5. The van der Waals surface area contributed by atoms with E-state index in [0.29, 0.717) is 18.0 Å². The first-order valence-electron chi connectivity index (χ1n) is 6.75. The minimum absolute atomic E-state index is 0.334. The first-order valence-corrected chi connectivity index (χ1v) is 6.75. The fourth-order valence-electron chi connectivity index (χ4n) is 4.14. The molecule has 2 bridgehead atoms. The monoisotopic (exact) mass is 246 g/mol. The molecule has 2 aliphatic carbocycles. The van der Waals surface area contributed by atoms with Crippen LogP contribution in [0, 0.1) is 17.8 Å². The van der Waals surface area contributed by atoms with Gasteiger partial charge in [0.25, 0.3) is 0 Å². The molecule has 96 valence electrons. The quantitative estimate of drug-likeness (QED) is 0.877. The number of pyridine rings is 1. The summed E-state index contributed by atoms with van der Waals surface area (Å²) in [5, 5.41) is 3.64. The van der Waals surface area contributed by atoms with Crippen LogP contribution < -0.4 is 14.8 Å². The van der Waals surface area contributed by atoms with Gasteiger partial charge in [-0.25, -0.2) is 4.98 Å². The van der Waals surface area contributed by atoms with Gasteiger partial charge in [-0.2, -0.15) is 0 Å². The lowest BCUT2D eigenvalue weighted by molar-refractivity contribution is 0.114. The van der Waals surface area contributed by atoms with Crippen LogP contribution in [0.1, 0.15) is 12.8 Å². The fraction of sp³-hybridized carbons (Fsp3) is 0.643. The highest BCUT2D eigenvalue weighted by Crippen LogP contribution is 2.52. The molecule has 0 amide bonds. The van der Waals surface area contributed by atoms with Crippen molar-refractivity contribution in [3.63, 3.8) is 0 Å². The lowest BCUT2D eigenvalue weighted by Gasteiger charge is -2.28. The molecule has 1 aromatic heterocycles. The number of nitrogens with one attached hydrogen (secondary N) is 1. The molecule has 3 aliphatic rings. The van der Waals surface area contributed by atoms with Crippen LogP contribution in [-0.2, 0) is 0 Å². The summed E-state index contributed by atoms with van der Waals surface area (Å²) < 4.78 is 11.3. The highest BCUT2D eigenvalue weighted by atomic mass is 16.5. The van der Waals surface area contributed by atoms with Crippen LogP contribution >= 0.6 is 0 Å². The van der Waals surface area contributed by atoms with Gasteiger partial charge in [0.2, 0.25) is 5.88 Å². The van der Waals surface area contributed by atoms with E-state index in [0.717, 1.165) is 23.5 Å². The molecule has 5 unspecified atom stereocenters. The van der Waals surface area contributed by atoms with Gasteiger partial charge >= 0.3 is 0 Å². The van der Waals surface area contributed by atoms with Gasteiger partial charge < -0.3 is 14.8 Å². The van der Waals surface area contributed by atoms with E-state index < -0.39 is 0 Å². The third-order valence-corrected chi connectivity index (χ3v) is 4.87. The normalized spacial score (nSPS) is 40.2. The Morgan fingerprint density at radius 3 is 3.17 bits per heavy atom. The summed E-state index contributed by atoms with van der Waals surface area (Å²) in [4.78, 5) is 4.11. The Kier molecular flexibility index (Phi) is 2.27. The minimum atomic E-state index is 0.334. The van der Waals surface area contributed by atoms with Crippen molar-refractivity contribution in [3.05, 3.63) is 18.3 Å². The molecule has 4 nitrogen and oxygen atoms in total. The van der Waals surface area contributed by atoms with Crippen molar-refractivity contribution in [2.45, 2.75) is 25.0 Å². The van der Waals surface area contributed by atoms with E-state index in [9.17, 15) is 0 Å². The van der Waals surface area contributed by atoms with Crippen LogP contribution in [0.2, 0.25) is 0 Å². The molecule has 2 heterocycles. The molecule has 5 atom stereocenters. The van der Waals surface area contributed by atoms with Crippen LogP contribution in [0.15, 0.2) is 18.3 Å². The molecular weight excluding hydrogens is 228 g/mol. The molecule has 1 saturated heterocycles. The molecule has 4 rings (SSSR count). The second kappa shape index (κ2) is 3.85. The third kappa shape index (κ3) is 1.45. The van der Waals surface area contributed by atoms with E-state index in [4.69, 9.17) is 9.47 Å². The van der Waals surface area contributed by atoms with Gasteiger partial charge in [-0.1, -0.05) is 0 Å². The molecule has 0 aromatic carbocycles.